The Morgan fingerprint density at radius 2 is 2.64 bits per heavy atom. The Bertz CT molecular complexity index is 246. The summed E-state index contributed by atoms with van der Waals surface area (Å²) in [5.74, 6) is 0.469. The number of aliphatic hydroxyl groups is 1. The smallest absolute Gasteiger partial charge is 0.152 e. The molecule has 1 heterocycles. The van der Waals surface area contributed by atoms with Crippen LogP contribution in [0, 0.1) is 11.4 Å². The van der Waals surface area contributed by atoms with Gasteiger partial charge in [0.2, 0.25) is 0 Å². The van der Waals surface area contributed by atoms with Gasteiger partial charge in [-0.05, 0) is 25.2 Å². The van der Waals surface area contributed by atoms with Crippen LogP contribution in [-0.2, 0) is 12.8 Å². The normalized spacial score (nSPS) is 23.2. The number of aliphatic hydroxyl groups excluding tert-OH is 1. The summed E-state index contributed by atoms with van der Waals surface area (Å²) >= 11 is 1.60. The number of nitrogens with zero attached hydrogens (tertiary/aromatic N) is 1. The summed E-state index contributed by atoms with van der Waals surface area (Å²) in [6.45, 7) is 0.317. The second kappa shape index (κ2) is 2.91. The van der Waals surface area contributed by atoms with E-state index in [9.17, 15) is 0 Å². The lowest BCUT2D eigenvalue weighted by Gasteiger charge is -2.18. The molecule has 0 saturated heterocycles. The first-order chi connectivity index (χ1) is 5.40. The van der Waals surface area contributed by atoms with Gasteiger partial charge in [0.1, 0.15) is 0 Å². The molecule has 2 nitrogen and oxygen atoms in total. The highest BCUT2D eigenvalue weighted by atomic mass is 32.1. The van der Waals surface area contributed by atoms with E-state index >= 15 is 0 Å². The highest BCUT2D eigenvalue weighted by Crippen LogP contribution is 2.26. The Morgan fingerprint density at radius 3 is 3.45 bits per heavy atom. The van der Waals surface area contributed by atoms with Gasteiger partial charge in [0.15, 0.2) is 5.51 Å². The Morgan fingerprint density at radius 1 is 1.73 bits per heavy atom. The van der Waals surface area contributed by atoms with Crippen molar-refractivity contribution in [2.24, 2.45) is 5.92 Å². The van der Waals surface area contributed by atoms with Crippen LogP contribution in [0.1, 0.15) is 17.0 Å². The van der Waals surface area contributed by atoms with Gasteiger partial charge in [0, 0.05) is 11.5 Å². The Hall–Kier alpha value is -0.410. The third kappa shape index (κ3) is 1.30. The summed E-state index contributed by atoms with van der Waals surface area (Å²) in [4.78, 5) is 5.47. The molecule has 0 fully saturated rings. The fourth-order valence-corrected chi connectivity index (χ4v) is 2.32. The summed E-state index contributed by atoms with van der Waals surface area (Å²) in [7, 11) is 0. The lowest BCUT2D eigenvalue weighted by atomic mass is 9.92. The molecule has 2 rings (SSSR count). The molecule has 1 aliphatic rings. The summed E-state index contributed by atoms with van der Waals surface area (Å²) in [5, 5.41) is 8.93. The Labute approximate surface area is 69.9 Å². The van der Waals surface area contributed by atoms with E-state index in [-0.39, 0.29) is 0 Å². The van der Waals surface area contributed by atoms with E-state index in [1.165, 1.54) is 10.6 Å². The zero-order valence-corrected chi connectivity index (χ0v) is 7.02. The second-order valence-electron chi connectivity index (χ2n) is 2.97. The van der Waals surface area contributed by atoms with E-state index in [4.69, 9.17) is 5.11 Å². The maximum absolute atomic E-state index is 8.93. The molecule has 1 unspecified atom stereocenters. The molecule has 11 heavy (non-hydrogen) atoms. The molecular formula is C8H10NOS. The van der Waals surface area contributed by atoms with Crippen molar-refractivity contribution in [3.05, 3.63) is 16.1 Å². The third-order valence-electron chi connectivity index (χ3n) is 2.19. The zero-order valence-electron chi connectivity index (χ0n) is 6.21. The molecule has 3 heteroatoms. The van der Waals surface area contributed by atoms with Gasteiger partial charge in [-0.2, -0.15) is 0 Å². The molecule has 1 aromatic heterocycles. The topological polar surface area (TPSA) is 33.1 Å². The summed E-state index contributed by atoms with van der Waals surface area (Å²) in [6.07, 6.45) is 3.12. The average molecular weight is 168 g/mol. The minimum Gasteiger partial charge on any atom is -0.396 e. The molecule has 0 spiro atoms. The van der Waals surface area contributed by atoms with Crippen molar-refractivity contribution < 1.29 is 5.11 Å². The number of aromatic nitrogens is 1. The molecule has 1 atom stereocenters. The molecule has 0 amide bonds. The van der Waals surface area contributed by atoms with E-state index in [2.05, 4.69) is 10.5 Å². The van der Waals surface area contributed by atoms with E-state index in [1.54, 1.807) is 11.3 Å². The van der Waals surface area contributed by atoms with Gasteiger partial charge in [0.05, 0.1) is 5.69 Å². The van der Waals surface area contributed by atoms with Crippen molar-refractivity contribution in [3.63, 3.8) is 0 Å². The number of hydrogen-bond donors (Lipinski definition) is 1. The van der Waals surface area contributed by atoms with E-state index in [1.807, 2.05) is 0 Å². The van der Waals surface area contributed by atoms with E-state index < -0.39 is 0 Å². The van der Waals surface area contributed by atoms with Gasteiger partial charge in [-0.1, -0.05) is 0 Å². The molecule has 1 radical (unpaired) electrons. The van der Waals surface area contributed by atoms with E-state index in [0.717, 1.165) is 19.3 Å². The Kier molecular flexibility index (Phi) is 1.92. The molecule has 0 bridgehead atoms. The minimum atomic E-state index is 0.317. The standard InChI is InChI=1S/C8H10NOS/c10-4-6-1-2-7-8(3-6)11-5-9-7/h6,10H,1-4H2. The van der Waals surface area contributed by atoms with Crippen LogP contribution in [0.4, 0.5) is 0 Å². The van der Waals surface area contributed by atoms with Crippen molar-refractivity contribution >= 4 is 11.3 Å². The van der Waals surface area contributed by atoms with Crippen molar-refractivity contribution in [1.82, 2.24) is 4.98 Å². The summed E-state index contributed by atoms with van der Waals surface area (Å²) in [6, 6.07) is 0. The van der Waals surface area contributed by atoms with Crippen LogP contribution in [0.15, 0.2) is 0 Å². The summed E-state index contributed by atoms with van der Waals surface area (Å²) < 4.78 is 0. The van der Waals surface area contributed by atoms with Gasteiger partial charge < -0.3 is 5.11 Å². The molecular weight excluding hydrogens is 158 g/mol. The van der Waals surface area contributed by atoms with Crippen LogP contribution in [0.25, 0.3) is 0 Å². The number of thiazole rings is 1. The number of rotatable bonds is 1. The van der Waals surface area contributed by atoms with Gasteiger partial charge >= 0.3 is 0 Å². The summed E-state index contributed by atoms with van der Waals surface area (Å²) in [5.41, 5.74) is 4.10. The van der Waals surface area contributed by atoms with Crippen LogP contribution < -0.4 is 0 Å². The molecule has 1 aromatic rings. The first kappa shape index (κ1) is 7.25. The van der Waals surface area contributed by atoms with Crippen LogP contribution >= 0.6 is 11.3 Å². The van der Waals surface area contributed by atoms with Gasteiger partial charge in [-0.15, -0.1) is 11.3 Å². The maximum atomic E-state index is 8.93. The first-order valence-corrected chi connectivity index (χ1v) is 4.67. The van der Waals surface area contributed by atoms with Crippen molar-refractivity contribution in [1.29, 1.82) is 0 Å². The molecule has 0 saturated carbocycles. The SMILES string of the molecule is OCC1CCc2n[c]sc2C1. The molecule has 0 aromatic carbocycles. The molecule has 1 aliphatic carbocycles. The predicted octanol–water partition coefficient (Wildman–Crippen LogP) is 1.04. The minimum absolute atomic E-state index is 0.317. The van der Waals surface area contributed by atoms with Gasteiger partial charge in [0.25, 0.3) is 0 Å². The number of aryl methyl sites for hydroxylation is 1. The number of hydrogen-bond acceptors (Lipinski definition) is 3. The zero-order chi connectivity index (χ0) is 7.68. The highest BCUT2D eigenvalue weighted by molar-refractivity contribution is 7.09. The fourth-order valence-electron chi connectivity index (χ4n) is 1.47. The van der Waals surface area contributed by atoms with Crippen molar-refractivity contribution in [2.75, 3.05) is 6.61 Å². The Balaban J connectivity index is 2.18. The fraction of sp³-hybridized carbons (Fsp3) is 0.625. The van der Waals surface area contributed by atoms with Gasteiger partial charge in [-0.25, -0.2) is 4.98 Å². The quantitative estimate of drug-likeness (QED) is 0.679. The largest absolute Gasteiger partial charge is 0.396 e. The third-order valence-corrected chi connectivity index (χ3v) is 3.02. The second-order valence-corrected chi connectivity index (χ2v) is 3.85. The van der Waals surface area contributed by atoms with Crippen molar-refractivity contribution in [3.8, 4) is 0 Å². The number of fused-ring (bicyclic) bond motifs is 1. The first-order valence-electron chi connectivity index (χ1n) is 3.85. The lowest BCUT2D eigenvalue weighted by Crippen LogP contribution is -2.16. The average Bonchev–Trinajstić information content (AvgIpc) is 2.50. The van der Waals surface area contributed by atoms with Crippen LogP contribution in [0.2, 0.25) is 0 Å². The van der Waals surface area contributed by atoms with E-state index in [0.29, 0.717) is 12.5 Å². The van der Waals surface area contributed by atoms with Crippen LogP contribution in [-0.4, -0.2) is 16.7 Å². The molecule has 1 N–H and O–H groups in total. The molecule has 59 valence electrons. The van der Waals surface area contributed by atoms with Gasteiger partial charge in [-0.3, -0.25) is 0 Å². The lowest BCUT2D eigenvalue weighted by molar-refractivity contribution is 0.214. The maximum Gasteiger partial charge on any atom is 0.152 e. The van der Waals surface area contributed by atoms with Crippen molar-refractivity contribution in [2.45, 2.75) is 19.3 Å². The predicted molar refractivity (Wildman–Crippen MR) is 43.6 cm³/mol. The highest BCUT2D eigenvalue weighted by Gasteiger charge is 2.19. The van der Waals surface area contributed by atoms with Crippen LogP contribution in [0.3, 0.4) is 0 Å². The molecule has 0 aliphatic heterocycles. The monoisotopic (exact) mass is 168 g/mol. The van der Waals surface area contributed by atoms with Crippen LogP contribution in [0.5, 0.6) is 0 Å².